The number of imide groups is 1. The second-order valence-corrected chi connectivity index (χ2v) is 4.49. The summed E-state index contributed by atoms with van der Waals surface area (Å²) < 4.78 is 0. The van der Waals surface area contributed by atoms with Crippen LogP contribution in [0.5, 0.6) is 0 Å². The van der Waals surface area contributed by atoms with Gasteiger partial charge in [0.05, 0.1) is 0 Å². The quantitative estimate of drug-likeness (QED) is 0.502. The Morgan fingerprint density at radius 3 is 2.33 bits per heavy atom. The van der Waals surface area contributed by atoms with Crippen LogP contribution in [-0.4, -0.2) is 27.6 Å². The summed E-state index contributed by atoms with van der Waals surface area (Å²) in [6.07, 6.45) is -0.482. The zero-order valence-electron chi connectivity index (χ0n) is 11.0. The average molecular weight is 284 g/mol. The van der Waals surface area contributed by atoms with Crippen LogP contribution in [0.1, 0.15) is 24.5 Å². The third kappa shape index (κ3) is 3.04. The van der Waals surface area contributed by atoms with E-state index in [4.69, 9.17) is 5.26 Å². The number of benzene rings is 1. The molecule has 6 heteroatoms. The maximum atomic E-state index is 12.1. The van der Waals surface area contributed by atoms with E-state index in [1.54, 1.807) is 36.4 Å². The van der Waals surface area contributed by atoms with Crippen molar-refractivity contribution in [3.8, 4) is 6.07 Å². The monoisotopic (exact) mass is 284 g/mol. The number of ketones is 1. The maximum Gasteiger partial charge on any atom is 0.233 e. The molecule has 0 aliphatic carbocycles. The van der Waals surface area contributed by atoms with Crippen LogP contribution < -0.4 is 0 Å². The third-order valence-electron chi connectivity index (χ3n) is 3.10. The summed E-state index contributed by atoms with van der Waals surface area (Å²) in [7, 11) is 0. The second kappa shape index (κ2) is 6.11. The molecule has 6 nitrogen and oxygen atoms in total. The number of aliphatic hydroxyl groups is 1. The minimum Gasteiger partial charge on any atom is -0.380 e. The molecule has 1 aromatic rings. The molecule has 1 fully saturated rings. The first-order chi connectivity index (χ1) is 10.0. The van der Waals surface area contributed by atoms with E-state index in [1.807, 2.05) is 0 Å². The fourth-order valence-corrected chi connectivity index (χ4v) is 1.95. The largest absolute Gasteiger partial charge is 0.380 e. The van der Waals surface area contributed by atoms with Crippen molar-refractivity contribution >= 4 is 17.6 Å². The summed E-state index contributed by atoms with van der Waals surface area (Å²) in [6.45, 7) is 0. The number of Topliss-reactive ketones (excluding diaryl/α,β-unsaturated/α-hetero) is 1. The van der Waals surface area contributed by atoms with E-state index in [0.29, 0.717) is 5.56 Å². The molecule has 1 saturated heterocycles. The van der Waals surface area contributed by atoms with E-state index in [2.05, 4.69) is 0 Å². The molecule has 106 valence electrons. The zero-order chi connectivity index (χ0) is 15.4. The molecule has 1 aromatic carbocycles. The molecule has 0 bridgehead atoms. The predicted octanol–water partition coefficient (Wildman–Crippen LogP) is 0.846. The first kappa shape index (κ1) is 14.6. The minimum absolute atomic E-state index is 0.0590. The standard InChI is InChI=1S/C15H12N2O4/c16-8-11(9-17-12(18)6-7-13(17)19)15(21)14(20)10-4-2-1-3-5-10/h1-5,9,14,20H,6-7H2/b11-9-. The van der Waals surface area contributed by atoms with Gasteiger partial charge < -0.3 is 5.11 Å². The van der Waals surface area contributed by atoms with E-state index < -0.39 is 29.3 Å². The van der Waals surface area contributed by atoms with Gasteiger partial charge in [0.1, 0.15) is 17.7 Å². The number of hydrogen-bond acceptors (Lipinski definition) is 5. The van der Waals surface area contributed by atoms with Crippen LogP contribution in [0, 0.1) is 11.3 Å². The number of carbonyl (C=O) groups excluding carboxylic acids is 3. The van der Waals surface area contributed by atoms with Crippen molar-refractivity contribution in [2.45, 2.75) is 18.9 Å². The lowest BCUT2D eigenvalue weighted by Gasteiger charge is -2.11. The van der Waals surface area contributed by atoms with Gasteiger partial charge in [-0.2, -0.15) is 5.26 Å². The molecule has 0 spiro atoms. The summed E-state index contributed by atoms with van der Waals surface area (Å²) in [4.78, 5) is 35.8. The Hall–Kier alpha value is -2.78. The first-order valence-electron chi connectivity index (χ1n) is 6.28. The van der Waals surface area contributed by atoms with E-state index in [0.717, 1.165) is 11.1 Å². The molecular formula is C15H12N2O4. The molecule has 1 N–H and O–H groups in total. The van der Waals surface area contributed by atoms with Crippen molar-refractivity contribution in [3.05, 3.63) is 47.7 Å². The molecule has 0 aromatic heterocycles. The molecule has 1 aliphatic rings. The van der Waals surface area contributed by atoms with Gasteiger partial charge in [-0.25, -0.2) is 0 Å². The van der Waals surface area contributed by atoms with Crippen LogP contribution in [0.25, 0.3) is 0 Å². The van der Waals surface area contributed by atoms with Crippen molar-refractivity contribution in [1.29, 1.82) is 5.26 Å². The number of carbonyl (C=O) groups is 3. The number of amides is 2. The molecule has 1 aliphatic heterocycles. The Morgan fingerprint density at radius 1 is 1.24 bits per heavy atom. The summed E-state index contributed by atoms with van der Waals surface area (Å²) >= 11 is 0. The minimum atomic E-state index is -1.51. The molecule has 1 atom stereocenters. The zero-order valence-corrected chi connectivity index (χ0v) is 11.0. The predicted molar refractivity (Wildman–Crippen MR) is 71.2 cm³/mol. The van der Waals surface area contributed by atoms with Crippen molar-refractivity contribution < 1.29 is 19.5 Å². The van der Waals surface area contributed by atoms with Crippen LogP contribution in [0.2, 0.25) is 0 Å². The van der Waals surface area contributed by atoms with Crippen LogP contribution in [0.4, 0.5) is 0 Å². The van der Waals surface area contributed by atoms with E-state index in [-0.39, 0.29) is 12.8 Å². The fraction of sp³-hybridized carbons (Fsp3) is 0.200. The average Bonchev–Trinajstić information content (AvgIpc) is 2.83. The lowest BCUT2D eigenvalue weighted by molar-refractivity contribution is -0.135. The number of nitrogens with zero attached hydrogens (tertiary/aromatic N) is 2. The number of aliphatic hydroxyl groups excluding tert-OH is 1. The van der Waals surface area contributed by atoms with Crippen LogP contribution >= 0.6 is 0 Å². The Balaban J connectivity index is 2.25. The lowest BCUT2D eigenvalue weighted by atomic mass is 10.0. The van der Waals surface area contributed by atoms with Crippen molar-refractivity contribution in [1.82, 2.24) is 4.90 Å². The lowest BCUT2D eigenvalue weighted by Crippen LogP contribution is -2.25. The molecule has 1 unspecified atom stereocenters. The van der Waals surface area contributed by atoms with Crippen molar-refractivity contribution in [2.24, 2.45) is 0 Å². The normalized spacial score (nSPS) is 16.8. The topological polar surface area (TPSA) is 98.5 Å². The second-order valence-electron chi connectivity index (χ2n) is 4.49. The highest BCUT2D eigenvalue weighted by Gasteiger charge is 2.30. The molecular weight excluding hydrogens is 272 g/mol. The van der Waals surface area contributed by atoms with Crippen LogP contribution in [0.3, 0.4) is 0 Å². The van der Waals surface area contributed by atoms with Gasteiger partial charge in [0.2, 0.25) is 17.6 Å². The van der Waals surface area contributed by atoms with E-state index in [9.17, 15) is 19.5 Å². The Labute approximate surface area is 120 Å². The highest BCUT2D eigenvalue weighted by molar-refractivity contribution is 6.06. The van der Waals surface area contributed by atoms with Crippen LogP contribution in [-0.2, 0) is 14.4 Å². The van der Waals surface area contributed by atoms with Gasteiger partial charge >= 0.3 is 0 Å². The van der Waals surface area contributed by atoms with Gasteiger partial charge in [-0.3, -0.25) is 19.3 Å². The summed E-state index contributed by atoms with van der Waals surface area (Å²) in [5, 5.41) is 19.0. The fourth-order valence-electron chi connectivity index (χ4n) is 1.95. The van der Waals surface area contributed by atoms with Crippen molar-refractivity contribution in [3.63, 3.8) is 0 Å². The first-order valence-corrected chi connectivity index (χ1v) is 6.28. The van der Waals surface area contributed by atoms with Gasteiger partial charge in [-0.1, -0.05) is 30.3 Å². The van der Waals surface area contributed by atoms with Gasteiger partial charge in [0.15, 0.2) is 0 Å². The third-order valence-corrected chi connectivity index (χ3v) is 3.10. The van der Waals surface area contributed by atoms with Gasteiger partial charge in [0.25, 0.3) is 0 Å². The summed E-state index contributed by atoms with van der Waals surface area (Å²) in [5.41, 5.74) is -0.0994. The molecule has 1 heterocycles. The Morgan fingerprint density at radius 2 is 1.81 bits per heavy atom. The molecule has 2 rings (SSSR count). The summed E-state index contributed by atoms with van der Waals surface area (Å²) in [6, 6.07) is 9.74. The molecule has 0 radical (unpaired) electrons. The Kier molecular flexibility index (Phi) is 4.26. The Bertz CT molecular complexity index is 642. The highest BCUT2D eigenvalue weighted by Crippen LogP contribution is 2.19. The summed E-state index contributed by atoms with van der Waals surface area (Å²) in [5.74, 6) is -1.78. The molecule has 2 amide bonds. The van der Waals surface area contributed by atoms with Crippen LogP contribution in [0.15, 0.2) is 42.1 Å². The van der Waals surface area contributed by atoms with Crippen molar-refractivity contribution in [2.75, 3.05) is 0 Å². The van der Waals surface area contributed by atoms with E-state index in [1.165, 1.54) is 0 Å². The van der Waals surface area contributed by atoms with Gasteiger partial charge in [-0.05, 0) is 5.56 Å². The number of rotatable bonds is 4. The molecule has 0 saturated carbocycles. The highest BCUT2D eigenvalue weighted by atomic mass is 16.3. The smallest absolute Gasteiger partial charge is 0.233 e. The van der Waals surface area contributed by atoms with Gasteiger partial charge in [0, 0.05) is 19.0 Å². The molecule has 21 heavy (non-hydrogen) atoms. The number of hydrogen-bond donors (Lipinski definition) is 1. The van der Waals surface area contributed by atoms with Gasteiger partial charge in [-0.15, -0.1) is 0 Å². The SMILES string of the molecule is N#C/C(=C/N1C(=O)CCC1=O)C(=O)C(O)c1ccccc1. The van der Waals surface area contributed by atoms with E-state index >= 15 is 0 Å². The maximum absolute atomic E-state index is 12.1. The number of nitriles is 1. The number of likely N-dealkylation sites (tertiary alicyclic amines) is 1.